The maximum atomic E-state index is 5.41. The van der Waals surface area contributed by atoms with Crippen LogP contribution in [-0.4, -0.2) is 64.1 Å². The molecule has 0 aliphatic carbocycles. The topological polar surface area (TPSA) is 71.0 Å². The van der Waals surface area contributed by atoms with Crippen LogP contribution in [0.25, 0.3) is 0 Å². The lowest BCUT2D eigenvalue weighted by molar-refractivity contribution is 0.122. The second-order valence-corrected chi connectivity index (χ2v) is 5.14. The van der Waals surface area contributed by atoms with Crippen LogP contribution in [0.1, 0.15) is 12.5 Å². The molecule has 1 aromatic rings. The van der Waals surface area contributed by atoms with Crippen molar-refractivity contribution in [3.05, 3.63) is 23.9 Å². The molecule has 1 aliphatic rings. The number of guanidine groups is 1. The van der Waals surface area contributed by atoms with Gasteiger partial charge in [0.05, 0.1) is 19.8 Å². The Labute approximate surface area is 161 Å². The van der Waals surface area contributed by atoms with Gasteiger partial charge in [0.15, 0.2) is 5.96 Å². The third-order valence-electron chi connectivity index (χ3n) is 3.59. The van der Waals surface area contributed by atoms with Crippen LogP contribution in [0, 0.1) is 0 Å². The lowest BCUT2D eigenvalue weighted by Crippen LogP contribution is -2.40. The summed E-state index contributed by atoms with van der Waals surface area (Å²) in [5.41, 5.74) is 1.15. The van der Waals surface area contributed by atoms with E-state index in [1.807, 2.05) is 19.2 Å². The van der Waals surface area contributed by atoms with Gasteiger partial charge in [0.2, 0.25) is 0 Å². The number of rotatable bonds is 7. The molecule has 1 aliphatic heterocycles. The average molecular weight is 449 g/mol. The fraction of sp³-hybridized carbons (Fsp3) is 0.625. The lowest BCUT2D eigenvalue weighted by Gasteiger charge is -2.29. The van der Waals surface area contributed by atoms with Gasteiger partial charge in [0.1, 0.15) is 5.82 Å². The third kappa shape index (κ3) is 6.78. The molecule has 2 heterocycles. The normalized spacial score (nSPS) is 14.9. The minimum Gasteiger partial charge on any atom is -0.380 e. The molecule has 0 saturated carbocycles. The van der Waals surface area contributed by atoms with Gasteiger partial charge in [0, 0.05) is 51.6 Å². The smallest absolute Gasteiger partial charge is 0.191 e. The van der Waals surface area contributed by atoms with E-state index in [1.54, 1.807) is 7.05 Å². The Morgan fingerprint density at radius 2 is 2.17 bits per heavy atom. The highest BCUT2D eigenvalue weighted by atomic mass is 127. The van der Waals surface area contributed by atoms with E-state index in [0.717, 1.165) is 56.8 Å². The number of hydrogen-bond donors (Lipinski definition) is 2. The zero-order valence-corrected chi connectivity index (χ0v) is 16.8. The monoisotopic (exact) mass is 449 g/mol. The van der Waals surface area contributed by atoms with Gasteiger partial charge >= 0.3 is 0 Å². The maximum Gasteiger partial charge on any atom is 0.191 e. The number of morpholine rings is 1. The third-order valence-corrected chi connectivity index (χ3v) is 3.59. The Balaban J connectivity index is 0.00000288. The van der Waals surface area contributed by atoms with E-state index in [0.29, 0.717) is 13.2 Å². The number of pyridine rings is 1. The first-order valence-electron chi connectivity index (χ1n) is 8.14. The summed E-state index contributed by atoms with van der Waals surface area (Å²) >= 11 is 0. The van der Waals surface area contributed by atoms with Crippen molar-refractivity contribution in [2.45, 2.75) is 13.5 Å². The van der Waals surface area contributed by atoms with Gasteiger partial charge in [-0.3, -0.25) is 4.99 Å². The molecule has 7 nitrogen and oxygen atoms in total. The highest BCUT2D eigenvalue weighted by Crippen LogP contribution is 2.18. The molecular formula is C16H28IN5O2. The molecule has 0 spiro atoms. The van der Waals surface area contributed by atoms with Gasteiger partial charge in [-0.15, -0.1) is 24.0 Å². The number of nitrogens with one attached hydrogen (secondary N) is 2. The number of halogens is 1. The largest absolute Gasteiger partial charge is 0.380 e. The summed E-state index contributed by atoms with van der Waals surface area (Å²) in [5, 5.41) is 6.56. The van der Waals surface area contributed by atoms with Crippen molar-refractivity contribution in [3.8, 4) is 0 Å². The van der Waals surface area contributed by atoms with Crippen molar-refractivity contribution < 1.29 is 9.47 Å². The molecule has 1 aromatic heterocycles. The fourth-order valence-electron chi connectivity index (χ4n) is 2.41. The van der Waals surface area contributed by atoms with Crippen molar-refractivity contribution in [1.82, 2.24) is 15.6 Å². The maximum absolute atomic E-state index is 5.41. The molecule has 136 valence electrons. The average Bonchev–Trinajstić information content (AvgIpc) is 2.62. The molecule has 8 heteroatoms. The molecule has 0 unspecified atom stereocenters. The van der Waals surface area contributed by atoms with Gasteiger partial charge in [-0.2, -0.15) is 0 Å². The molecule has 1 saturated heterocycles. The Kier molecular flexibility index (Phi) is 10.7. The number of anilines is 1. The molecular weight excluding hydrogens is 421 g/mol. The Morgan fingerprint density at radius 1 is 1.38 bits per heavy atom. The van der Waals surface area contributed by atoms with E-state index in [4.69, 9.17) is 9.47 Å². The number of hydrogen-bond acceptors (Lipinski definition) is 5. The van der Waals surface area contributed by atoms with Crippen LogP contribution < -0.4 is 15.5 Å². The highest BCUT2D eigenvalue weighted by molar-refractivity contribution is 14.0. The Morgan fingerprint density at radius 3 is 2.88 bits per heavy atom. The van der Waals surface area contributed by atoms with E-state index in [2.05, 4.69) is 31.6 Å². The van der Waals surface area contributed by atoms with Crippen molar-refractivity contribution in [3.63, 3.8) is 0 Å². The van der Waals surface area contributed by atoms with Crippen LogP contribution in [0.3, 0.4) is 0 Å². The summed E-state index contributed by atoms with van der Waals surface area (Å²) in [6.45, 7) is 8.06. The summed E-state index contributed by atoms with van der Waals surface area (Å²) in [7, 11) is 1.77. The lowest BCUT2D eigenvalue weighted by atomic mass is 10.2. The molecule has 0 atom stereocenters. The van der Waals surface area contributed by atoms with Crippen molar-refractivity contribution >= 4 is 35.8 Å². The first-order valence-corrected chi connectivity index (χ1v) is 8.14. The zero-order chi connectivity index (χ0) is 16.3. The molecule has 2 rings (SSSR count). The number of ether oxygens (including phenoxy) is 2. The van der Waals surface area contributed by atoms with E-state index in [-0.39, 0.29) is 24.0 Å². The van der Waals surface area contributed by atoms with Crippen LogP contribution in [-0.2, 0) is 16.0 Å². The molecule has 0 amide bonds. The van der Waals surface area contributed by atoms with Crippen LogP contribution in [0.2, 0.25) is 0 Å². The second kappa shape index (κ2) is 12.3. The molecule has 0 aromatic carbocycles. The van der Waals surface area contributed by atoms with Crippen molar-refractivity contribution in [1.29, 1.82) is 0 Å². The van der Waals surface area contributed by atoms with E-state index < -0.39 is 0 Å². The van der Waals surface area contributed by atoms with E-state index >= 15 is 0 Å². The number of aliphatic imine (C=N–C) groups is 1. The molecule has 0 radical (unpaired) electrons. The standard InChI is InChI=1S/C16H27N5O2.HI/c1-3-22-10-7-19-16(17-2)20-13-14-5-4-6-18-15(14)21-8-11-23-12-9-21;/h4-6H,3,7-13H2,1-2H3,(H2,17,19,20);1H. The summed E-state index contributed by atoms with van der Waals surface area (Å²) < 4.78 is 10.7. The van der Waals surface area contributed by atoms with E-state index in [9.17, 15) is 0 Å². The van der Waals surface area contributed by atoms with Gasteiger partial charge < -0.3 is 25.0 Å². The zero-order valence-electron chi connectivity index (χ0n) is 14.5. The van der Waals surface area contributed by atoms with E-state index in [1.165, 1.54) is 0 Å². The molecule has 24 heavy (non-hydrogen) atoms. The van der Waals surface area contributed by atoms with Gasteiger partial charge in [0.25, 0.3) is 0 Å². The summed E-state index contributed by atoms with van der Waals surface area (Å²) in [5.74, 6) is 1.79. The van der Waals surface area contributed by atoms with Crippen LogP contribution in [0.15, 0.2) is 23.3 Å². The summed E-state index contributed by atoms with van der Waals surface area (Å²) in [4.78, 5) is 11.0. The van der Waals surface area contributed by atoms with Crippen molar-refractivity contribution in [2.75, 3.05) is 58.0 Å². The Bertz CT molecular complexity index is 495. The fourth-order valence-corrected chi connectivity index (χ4v) is 2.41. The molecule has 0 bridgehead atoms. The highest BCUT2D eigenvalue weighted by Gasteiger charge is 2.15. The minimum atomic E-state index is 0. The quantitative estimate of drug-likeness (QED) is 0.283. The van der Waals surface area contributed by atoms with Gasteiger partial charge in [-0.1, -0.05) is 6.07 Å². The minimum absolute atomic E-state index is 0. The number of aromatic nitrogens is 1. The van der Waals surface area contributed by atoms with Crippen LogP contribution >= 0.6 is 24.0 Å². The summed E-state index contributed by atoms with van der Waals surface area (Å²) in [6, 6.07) is 4.06. The first-order chi connectivity index (χ1) is 11.3. The van der Waals surface area contributed by atoms with Crippen molar-refractivity contribution in [2.24, 2.45) is 4.99 Å². The first kappa shape index (κ1) is 20.9. The van der Waals surface area contributed by atoms with Crippen LogP contribution in [0.5, 0.6) is 0 Å². The molecule has 1 fully saturated rings. The summed E-state index contributed by atoms with van der Waals surface area (Å²) in [6.07, 6.45) is 1.84. The number of nitrogens with zero attached hydrogens (tertiary/aromatic N) is 3. The molecule has 2 N–H and O–H groups in total. The van der Waals surface area contributed by atoms with Gasteiger partial charge in [-0.05, 0) is 13.0 Å². The second-order valence-electron chi connectivity index (χ2n) is 5.14. The predicted molar refractivity (Wildman–Crippen MR) is 107 cm³/mol. The SMILES string of the molecule is CCOCCNC(=NC)NCc1cccnc1N1CCOCC1.I. The predicted octanol–water partition coefficient (Wildman–Crippen LogP) is 1.24. The Hall–Kier alpha value is -1.13. The van der Waals surface area contributed by atoms with Crippen LogP contribution in [0.4, 0.5) is 5.82 Å². The van der Waals surface area contributed by atoms with Gasteiger partial charge in [-0.25, -0.2) is 4.98 Å².